The van der Waals surface area contributed by atoms with Crippen molar-refractivity contribution in [2.75, 3.05) is 32.7 Å². The number of rotatable bonds is 4. The summed E-state index contributed by atoms with van der Waals surface area (Å²) in [5.74, 6) is 0.196. The van der Waals surface area contributed by atoms with Gasteiger partial charge in [-0.25, -0.2) is 0 Å². The van der Waals surface area contributed by atoms with Gasteiger partial charge in [-0.15, -0.1) is 11.3 Å². The number of hydrogen-bond donors (Lipinski definition) is 0. The number of amides is 2. The highest BCUT2D eigenvalue weighted by Crippen LogP contribution is 2.38. The predicted molar refractivity (Wildman–Crippen MR) is 155 cm³/mol. The molecule has 0 spiro atoms. The zero-order valence-corrected chi connectivity index (χ0v) is 24.1. The first-order valence-electron chi connectivity index (χ1n) is 13.7. The Balaban J connectivity index is 1.26. The lowest BCUT2D eigenvalue weighted by Crippen LogP contribution is -2.57. The summed E-state index contributed by atoms with van der Waals surface area (Å²) >= 11 is 1.82. The Morgan fingerprint density at radius 1 is 0.947 bits per heavy atom. The Morgan fingerprint density at radius 2 is 1.68 bits per heavy atom. The summed E-state index contributed by atoms with van der Waals surface area (Å²) in [5.41, 5.74) is 5.86. The number of piperazine rings is 1. The zero-order valence-electron chi connectivity index (χ0n) is 23.2. The van der Waals surface area contributed by atoms with Crippen molar-refractivity contribution in [3.05, 3.63) is 92.7 Å². The molecule has 200 valence electrons. The molecule has 2 aliphatic rings. The SMILES string of the molecule is Cc1ccccc1C1c2ccsc2CCN1CC(=O)N1CCN(C(=O)c2ccc(C(C)(C)C)cc2)C(C)C1. The summed E-state index contributed by atoms with van der Waals surface area (Å²) in [5, 5.41) is 2.18. The Bertz CT molecular complexity index is 1310. The van der Waals surface area contributed by atoms with Gasteiger partial charge in [-0.05, 0) is 71.5 Å². The van der Waals surface area contributed by atoms with Crippen molar-refractivity contribution in [2.45, 2.75) is 58.5 Å². The predicted octanol–water partition coefficient (Wildman–Crippen LogP) is 5.67. The smallest absolute Gasteiger partial charge is 0.254 e. The average molecular weight is 530 g/mol. The first-order valence-corrected chi connectivity index (χ1v) is 14.6. The second-order valence-electron chi connectivity index (χ2n) is 11.8. The number of carbonyl (C=O) groups is 2. The normalized spacial score (nSPS) is 20.3. The molecule has 3 aromatic rings. The van der Waals surface area contributed by atoms with E-state index in [0.717, 1.165) is 13.0 Å². The fourth-order valence-corrected chi connectivity index (χ4v) is 6.74. The average Bonchev–Trinajstić information content (AvgIpc) is 3.37. The van der Waals surface area contributed by atoms with Gasteiger partial charge in [0.25, 0.3) is 5.91 Å². The lowest BCUT2D eigenvalue weighted by molar-refractivity contribution is -0.135. The van der Waals surface area contributed by atoms with Gasteiger partial charge in [0.15, 0.2) is 0 Å². The molecule has 6 heteroatoms. The summed E-state index contributed by atoms with van der Waals surface area (Å²) in [4.78, 5) is 34.5. The third-order valence-electron chi connectivity index (χ3n) is 8.13. The van der Waals surface area contributed by atoms with Crippen LogP contribution in [0.15, 0.2) is 60.0 Å². The highest BCUT2D eigenvalue weighted by molar-refractivity contribution is 7.10. The van der Waals surface area contributed by atoms with Crippen LogP contribution in [0.3, 0.4) is 0 Å². The maximum absolute atomic E-state index is 13.6. The summed E-state index contributed by atoms with van der Waals surface area (Å²) in [7, 11) is 0. The van der Waals surface area contributed by atoms with Crippen molar-refractivity contribution in [3.63, 3.8) is 0 Å². The van der Waals surface area contributed by atoms with E-state index < -0.39 is 0 Å². The quantitative estimate of drug-likeness (QED) is 0.437. The van der Waals surface area contributed by atoms with E-state index in [0.29, 0.717) is 31.7 Å². The van der Waals surface area contributed by atoms with Gasteiger partial charge in [0.1, 0.15) is 0 Å². The Labute approximate surface area is 231 Å². The van der Waals surface area contributed by atoms with Crippen molar-refractivity contribution < 1.29 is 9.59 Å². The van der Waals surface area contributed by atoms with Gasteiger partial charge in [0.2, 0.25) is 5.91 Å². The van der Waals surface area contributed by atoms with Crippen LogP contribution in [0.25, 0.3) is 0 Å². The van der Waals surface area contributed by atoms with Crippen LogP contribution in [-0.2, 0) is 16.6 Å². The van der Waals surface area contributed by atoms with E-state index in [1.165, 1.54) is 27.1 Å². The van der Waals surface area contributed by atoms with Gasteiger partial charge in [-0.1, -0.05) is 57.2 Å². The van der Waals surface area contributed by atoms with Crippen molar-refractivity contribution in [2.24, 2.45) is 0 Å². The van der Waals surface area contributed by atoms with Crippen LogP contribution in [-0.4, -0.2) is 65.3 Å². The summed E-state index contributed by atoms with van der Waals surface area (Å²) < 4.78 is 0. The molecule has 2 atom stereocenters. The fourth-order valence-electron chi connectivity index (χ4n) is 5.83. The highest BCUT2D eigenvalue weighted by atomic mass is 32.1. The molecule has 0 saturated carbocycles. The van der Waals surface area contributed by atoms with Crippen LogP contribution in [0.2, 0.25) is 0 Å². The van der Waals surface area contributed by atoms with E-state index >= 15 is 0 Å². The molecule has 0 radical (unpaired) electrons. The Kier molecular flexibility index (Phi) is 7.47. The highest BCUT2D eigenvalue weighted by Gasteiger charge is 2.35. The summed E-state index contributed by atoms with van der Waals surface area (Å²) in [6.07, 6.45) is 0.981. The van der Waals surface area contributed by atoms with Crippen LogP contribution in [0, 0.1) is 6.92 Å². The second kappa shape index (κ2) is 10.7. The Morgan fingerprint density at radius 3 is 2.37 bits per heavy atom. The van der Waals surface area contributed by atoms with E-state index in [4.69, 9.17) is 0 Å². The van der Waals surface area contributed by atoms with E-state index in [1.54, 1.807) is 0 Å². The number of aryl methyl sites for hydroxylation is 1. The van der Waals surface area contributed by atoms with Crippen molar-refractivity contribution in [3.8, 4) is 0 Å². The molecule has 1 aromatic heterocycles. The first-order chi connectivity index (χ1) is 18.1. The molecule has 38 heavy (non-hydrogen) atoms. The second-order valence-corrected chi connectivity index (χ2v) is 12.8. The van der Waals surface area contributed by atoms with Crippen LogP contribution in [0.1, 0.15) is 71.2 Å². The van der Waals surface area contributed by atoms with Crippen molar-refractivity contribution in [1.82, 2.24) is 14.7 Å². The molecular weight excluding hydrogens is 490 g/mol. The molecular formula is C32H39N3O2S. The maximum Gasteiger partial charge on any atom is 0.254 e. The molecule has 0 aliphatic carbocycles. The Hall–Kier alpha value is -2.96. The topological polar surface area (TPSA) is 43.9 Å². The third-order valence-corrected chi connectivity index (χ3v) is 9.12. The molecule has 1 saturated heterocycles. The molecule has 1 fully saturated rings. The molecule has 5 nitrogen and oxygen atoms in total. The number of benzene rings is 2. The van der Waals surface area contributed by atoms with Gasteiger partial charge >= 0.3 is 0 Å². The number of hydrogen-bond acceptors (Lipinski definition) is 4. The van der Waals surface area contributed by atoms with E-state index in [1.807, 2.05) is 33.3 Å². The van der Waals surface area contributed by atoms with Gasteiger partial charge in [0, 0.05) is 42.7 Å². The lowest BCUT2D eigenvalue weighted by Gasteiger charge is -2.42. The van der Waals surface area contributed by atoms with Gasteiger partial charge in [-0.2, -0.15) is 0 Å². The maximum atomic E-state index is 13.6. The van der Waals surface area contributed by atoms with Crippen LogP contribution in [0.5, 0.6) is 0 Å². The lowest BCUT2D eigenvalue weighted by atomic mass is 9.86. The van der Waals surface area contributed by atoms with Crippen LogP contribution in [0.4, 0.5) is 0 Å². The monoisotopic (exact) mass is 529 g/mol. The number of nitrogens with zero attached hydrogens (tertiary/aromatic N) is 3. The molecule has 0 N–H and O–H groups in total. The van der Waals surface area contributed by atoms with Gasteiger partial charge in [-0.3, -0.25) is 14.5 Å². The minimum atomic E-state index is -0.0283. The number of carbonyl (C=O) groups excluding carboxylic acids is 2. The van der Waals surface area contributed by atoms with E-state index in [-0.39, 0.29) is 29.3 Å². The number of fused-ring (bicyclic) bond motifs is 1. The molecule has 2 aromatic carbocycles. The minimum Gasteiger partial charge on any atom is -0.338 e. The molecule has 2 aliphatic heterocycles. The summed E-state index contributed by atoms with van der Waals surface area (Å²) in [6, 6.07) is 18.8. The number of thiophene rings is 1. The molecule has 3 heterocycles. The molecule has 2 amide bonds. The van der Waals surface area contributed by atoms with Crippen LogP contribution < -0.4 is 0 Å². The van der Waals surface area contributed by atoms with Crippen LogP contribution >= 0.6 is 11.3 Å². The van der Waals surface area contributed by atoms with E-state index in [2.05, 4.69) is 87.4 Å². The van der Waals surface area contributed by atoms with Crippen molar-refractivity contribution in [1.29, 1.82) is 0 Å². The standard InChI is InChI=1S/C32H39N3O2S/c1-22-8-6-7-9-26(22)30-27-15-19-38-28(27)14-16-34(30)21-29(36)33-17-18-35(23(2)20-33)31(37)24-10-12-25(13-11-24)32(3,4)5/h6-13,15,19,23,30H,14,16-18,20-21H2,1-5H3. The van der Waals surface area contributed by atoms with E-state index in [9.17, 15) is 9.59 Å². The fraction of sp³-hybridized carbons (Fsp3) is 0.438. The van der Waals surface area contributed by atoms with Gasteiger partial charge < -0.3 is 9.80 Å². The molecule has 2 unspecified atom stereocenters. The molecule has 5 rings (SSSR count). The van der Waals surface area contributed by atoms with Crippen molar-refractivity contribution >= 4 is 23.2 Å². The zero-order chi connectivity index (χ0) is 27.0. The largest absolute Gasteiger partial charge is 0.338 e. The van der Waals surface area contributed by atoms with Gasteiger partial charge in [0.05, 0.1) is 12.6 Å². The minimum absolute atomic E-state index is 0.0283. The summed E-state index contributed by atoms with van der Waals surface area (Å²) in [6.45, 7) is 13.7. The third kappa shape index (κ3) is 5.29. The molecule has 0 bridgehead atoms. The first kappa shape index (κ1) is 26.6.